The van der Waals surface area contributed by atoms with Crippen LogP contribution in [0.4, 0.5) is 0 Å². The zero-order valence-electron chi connectivity index (χ0n) is 13.4. The molecule has 0 amide bonds. The van der Waals surface area contributed by atoms with Crippen molar-refractivity contribution in [2.75, 3.05) is 12.4 Å². The minimum absolute atomic E-state index is 0.584. The standard InChI is InChI=1S/C17H17BrN4OS/c1-12-6-7-16(13(2)10-12)22-17(19-20-21-22)24-9-8-23-15-5-3-4-14(18)11-15/h3-7,10-11H,8-9H2,1-2H3. The van der Waals surface area contributed by atoms with Gasteiger partial charge in [0.1, 0.15) is 5.75 Å². The summed E-state index contributed by atoms with van der Waals surface area (Å²) in [6.07, 6.45) is 0. The predicted octanol–water partition coefficient (Wildman–Crippen LogP) is 4.21. The summed E-state index contributed by atoms with van der Waals surface area (Å²) in [4.78, 5) is 0. The van der Waals surface area contributed by atoms with Crippen LogP contribution in [0, 0.1) is 13.8 Å². The van der Waals surface area contributed by atoms with E-state index in [1.165, 1.54) is 5.56 Å². The van der Waals surface area contributed by atoms with E-state index in [1.54, 1.807) is 16.4 Å². The molecule has 0 spiro atoms. The van der Waals surface area contributed by atoms with Gasteiger partial charge in [0.2, 0.25) is 5.16 Å². The molecule has 0 radical (unpaired) electrons. The zero-order chi connectivity index (χ0) is 16.9. The second-order valence-electron chi connectivity index (χ2n) is 5.32. The number of halogens is 1. The van der Waals surface area contributed by atoms with E-state index in [9.17, 15) is 0 Å². The van der Waals surface area contributed by atoms with Crippen molar-refractivity contribution in [2.24, 2.45) is 0 Å². The summed E-state index contributed by atoms with van der Waals surface area (Å²) in [5, 5.41) is 12.8. The normalized spacial score (nSPS) is 10.8. The molecule has 0 aliphatic heterocycles. The molecule has 2 aromatic carbocycles. The van der Waals surface area contributed by atoms with E-state index in [2.05, 4.69) is 57.4 Å². The first-order valence-corrected chi connectivity index (χ1v) is 9.28. The van der Waals surface area contributed by atoms with Crippen LogP contribution in [0.5, 0.6) is 5.75 Å². The van der Waals surface area contributed by atoms with Crippen LogP contribution in [-0.4, -0.2) is 32.6 Å². The lowest BCUT2D eigenvalue weighted by Crippen LogP contribution is -2.04. The van der Waals surface area contributed by atoms with E-state index in [1.807, 2.05) is 30.3 Å². The van der Waals surface area contributed by atoms with Gasteiger partial charge in [-0.1, -0.05) is 51.5 Å². The third-order valence-corrected chi connectivity index (χ3v) is 4.78. The van der Waals surface area contributed by atoms with Gasteiger partial charge in [-0.3, -0.25) is 0 Å². The topological polar surface area (TPSA) is 52.8 Å². The molecule has 7 heteroatoms. The molecular formula is C17H17BrN4OS. The molecule has 124 valence electrons. The molecule has 24 heavy (non-hydrogen) atoms. The van der Waals surface area contributed by atoms with E-state index in [0.29, 0.717) is 6.61 Å². The maximum absolute atomic E-state index is 5.74. The molecule has 1 aromatic heterocycles. The lowest BCUT2D eigenvalue weighted by molar-refractivity contribution is 0.343. The maximum Gasteiger partial charge on any atom is 0.214 e. The smallest absolute Gasteiger partial charge is 0.214 e. The van der Waals surface area contributed by atoms with E-state index in [-0.39, 0.29) is 0 Å². The Morgan fingerprint density at radius 2 is 2.04 bits per heavy atom. The largest absolute Gasteiger partial charge is 0.493 e. The lowest BCUT2D eigenvalue weighted by atomic mass is 10.1. The van der Waals surface area contributed by atoms with Crippen molar-refractivity contribution in [3.63, 3.8) is 0 Å². The van der Waals surface area contributed by atoms with Gasteiger partial charge in [0, 0.05) is 10.2 Å². The highest BCUT2D eigenvalue weighted by molar-refractivity contribution is 9.10. The number of nitrogens with zero attached hydrogens (tertiary/aromatic N) is 4. The van der Waals surface area contributed by atoms with Crippen LogP contribution in [-0.2, 0) is 0 Å². The Labute approximate surface area is 153 Å². The summed E-state index contributed by atoms with van der Waals surface area (Å²) >= 11 is 5.01. The number of aromatic nitrogens is 4. The Morgan fingerprint density at radius 3 is 2.83 bits per heavy atom. The molecule has 0 saturated heterocycles. The molecule has 5 nitrogen and oxygen atoms in total. The van der Waals surface area contributed by atoms with E-state index >= 15 is 0 Å². The monoisotopic (exact) mass is 404 g/mol. The molecule has 0 saturated carbocycles. The van der Waals surface area contributed by atoms with Gasteiger partial charge in [0.15, 0.2) is 0 Å². The van der Waals surface area contributed by atoms with Gasteiger partial charge >= 0.3 is 0 Å². The summed E-state index contributed by atoms with van der Waals surface area (Å²) in [7, 11) is 0. The highest BCUT2D eigenvalue weighted by Crippen LogP contribution is 2.22. The van der Waals surface area contributed by atoms with Crippen molar-refractivity contribution in [1.29, 1.82) is 0 Å². The highest BCUT2D eigenvalue weighted by atomic mass is 79.9. The molecule has 0 fully saturated rings. The summed E-state index contributed by atoms with van der Waals surface area (Å²) in [6.45, 7) is 4.72. The van der Waals surface area contributed by atoms with Crippen LogP contribution in [0.2, 0.25) is 0 Å². The van der Waals surface area contributed by atoms with E-state index in [0.717, 1.165) is 32.4 Å². The zero-order valence-corrected chi connectivity index (χ0v) is 15.8. The number of ether oxygens (including phenoxy) is 1. The van der Waals surface area contributed by atoms with Crippen molar-refractivity contribution in [2.45, 2.75) is 19.0 Å². The molecular weight excluding hydrogens is 388 g/mol. The summed E-state index contributed by atoms with van der Waals surface area (Å²) in [5.41, 5.74) is 3.37. The Bertz CT molecular complexity index is 837. The molecule has 0 aliphatic carbocycles. The van der Waals surface area contributed by atoms with E-state index in [4.69, 9.17) is 4.74 Å². The van der Waals surface area contributed by atoms with Crippen molar-refractivity contribution in [3.05, 3.63) is 58.1 Å². The predicted molar refractivity (Wildman–Crippen MR) is 99.0 cm³/mol. The first-order chi connectivity index (χ1) is 11.6. The number of hydrogen-bond donors (Lipinski definition) is 0. The quantitative estimate of drug-likeness (QED) is 0.454. The van der Waals surface area contributed by atoms with Gasteiger partial charge < -0.3 is 4.74 Å². The fourth-order valence-electron chi connectivity index (χ4n) is 2.31. The van der Waals surface area contributed by atoms with Crippen LogP contribution in [0.3, 0.4) is 0 Å². The number of aryl methyl sites for hydroxylation is 2. The van der Waals surface area contributed by atoms with E-state index < -0.39 is 0 Å². The van der Waals surface area contributed by atoms with Gasteiger partial charge in [-0.15, -0.1) is 5.10 Å². The van der Waals surface area contributed by atoms with Crippen LogP contribution in [0.15, 0.2) is 52.1 Å². The Morgan fingerprint density at radius 1 is 1.17 bits per heavy atom. The molecule has 3 rings (SSSR count). The molecule has 0 unspecified atom stereocenters. The summed E-state index contributed by atoms with van der Waals surface area (Å²) in [5.74, 6) is 1.61. The average molecular weight is 405 g/mol. The van der Waals surface area contributed by atoms with Crippen molar-refractivity contribution < 1.29 is 4.74 Å². The fraction of sp³-hybridized carbons (Fsp3) is 0.235. The second-order valence-corrected chi connectivity index (χ2v) is 7.30. The Balaban J connectivity index is 1.62. The molecule has 0 atom stereocenters. The molecule has 0 bridgehead atoms. The molecule has 3 aromatic rings. The van der Waals surface area contributed by atoms with Gasteiger partial charge in [-0.05, 0) is 54.1 Å². The minimum atomic E-state index is 0.584. The van der Waals surface area contributed by atoms with Crippen molar-refractivity contribution in [3.8, 4) is 11.4 Å². The lowest BCUT2D eigenvalue weighted by Gasteiger charge is -2.09. The Kier molecular flexibility index (Phi) is 5.52. The number of benzene rings is 2. The molecule has 0 N–H and O–H groups in total. The van der Waals surface area contributed by atoms with Gasteiger partial charge in [0.25, 0.3) is 0 Å². The minimum Gasteiger partial charge on any atom is -0.493 e. The van der Waals surface area contributed by atoms with Crippen LogP contribution < -0.4 is 4.74 Å². The third-order valence-electron chi connectivity index (χ3n) is 3.40. The number of thioether (sulfide) groups is 1. The van der Waals surface area contributed by atoms with Crippen molar-refractivity contribution in [1.82, 2.24) is 20.2 Å². The van der Waals surface area contributed by atoms with Gasteiger partial charge in [-0.25, -0.2) is 0 Å². The first-order valence-electron chi connectivity index (χ1n) is 7.50. The summed E-state index contributed by atoms with van der Waals surface area (Å²) in [6, 6.07) is 14.0. The second kappa shape index (κ2) is 7.81. The first kappa shape index (κ1) is 17.0. The van der Waals surface area contributed by atoms with Gasteiger partial charge in [0.05, 0.1) is 12.3 Å². The average Bonchev–Trinajstić information content (AvgIpc) is 3.00. The van der Waals surface area contributed by atoms with Gasteiger partial charge in [-0.2, -0.15) is 4.68 Å². The van der Waals surface area contributed by atoms with Crippen LogP contribution in [0.25, 0.3) is 5.69 Å². The van der Waals surface area contributed by atoms with Crippen LogP contribution >= 0.6 is 27.7 Å². The number of rotatable bonds is 6. The summed E-state index contributed by atoms with van der Waals surface area (Å²) < 4.78 is 8.52. The molecule has 1 heterocycles. The molecule has 0 aliphatic rings. The number of hydrogen-bond acceptors (Lipinski definition) is 5. The van der Waals surface area contributed by atoms with Crippen LogP contribution in [0.1, 0.15) is 11.1 Å². The SMILES string of the molecule is Cc1ccc(-n2nnnc2SCCOc2cccc(Br)c2)c(C)c1. The van der Waals surface area contributed by atoms with Crippen molar-refractivity contribution >= 4 is 27.7 Å². The third kappa shape index (κ3) is 4.15. The maximum atomic E-state index is 5.74. The highest BCUT2D eigenvalue weighted by Gasteiger charge is 2.11. The fourth-order valence-corrected chi connectivity index (χ4v) is 3.39. The Hall–Kier alpha value is -1.86. The number of tetrazole rings is 1.